The smallest absolute Gasteiger partial charge is 0.0576 e. The van der Waals surface area contributed by atoms with Crippen LogP contribution < -0.4 is 5.43 Å². The standard InChI is InChI=1S/C10H16N2/c1-4-6-7-8-9-10(3)12-11-5-2/h5-9,11H,2,4H2,1,3H3/b7-6-,9-8-,12-10+. The van der Waals surface area contributed by atoms with Crippen molar-refractivity contribution >= 4 is 5.71 Å². The molecule has 2 nitrogen and oxygen atoms in total. The number of allylic oxidation sites excluding steroid dienone is 4. The van der Waals surface area contributed by atoms with Gasteiger partial charge in [0.05, 0.1) is 5.71 Å². The molecule has 0 saturated carbocycles. The molecule has 0 bridgehead atoms. The van der Waals surface area contributed by atoms with Gasteiger partial charge in [-0.1, -0.05) is 31.7 Å². The highest BCUT2D eigenvalue weighted by Gasteiger charge is 1.77. The average Bonchev–Trinajstić information content (AvgIpc) is 2.09. The highest BCUT2D eigenvalue weighted by atomic mass is 15.3. The minimum Gasteiger partial charge on any atom is -0.286 e. The maximum Gasteiger partial charge on any atom is 0.0576 e. The van der Waals surface area contributed by atoms with Crippen LogP contribution in [0.5, 0.6) is 0 Å². The van der Waals surface area contributed by atoms with Crippen LogP contribution in [-0.4, -0.2) is 5.71 Å². The number of nitrogens with one attached hydrogen (secondary N) is 1. The fourth-order valence-electron chi connectivity index (χ4n) is 0.594. The molecule has 0 heterocycles. The summed E-state index contributed by atoms with van der Waals surface area (Å²) in [4.78, 5) is 0. The lowest BCUT2D eigenvalue weighted by Crippen LogP contribution is -1.96. The van der Waals surface area contributed by atoms with Crippen LogP contribution >= 0.6 is 0 Å². The van der Waals surface area contributed by atoms with Crippen molar-refractivity contribution in [1.82, 2.24) is 5.43 Å². The molecule has 0 amide bonds. The van der Waals surface area contributed by atoms with Crippen LogP contribution in [-0.2, 0) is 0 Å². The summed E-state index contributed by atoms with van der Waals surface area (Å²) in [6.45, 7) is 7.51. The third-order valence-electron chi connectivity index (χ3n) is 1.15. The number of hydrazone groups is 1. The quantitative estimate of drug-likeness (QED) is 0.377. The van der Waals surface area contributed by atoms with E-state index in [1.165, 1.54) is 0 Å². The first-order chi connectivity index (χ1) is 5.81. The molecule has 0 spiro atoms. The van der Waals surface area contributed by atoms with Gasteiger partial charge in [0.1, 0.15) is 0 Å². The SMILES string of the molecule is C=CN/N=C(C)/C=C\C=C/CC. The van der Waals surface area contributed by atoms with Crippen molar-refractivity contribution in [3.05, 3.63) is 37.1 Å². The number of hydrogen-bond acceptors (Lipinski definition) is 2. The Kier molecular flexibility index (Phi) is 6.94. The van der Waals surface area contributed by atoms with Gasteiger partial charge in [0, 0.05) is 6.20 Å². The molecule has 0 saturated heterocycles. The molecule has 0 unspecified atom stereocenters. The fraction of sp³-hybridized carbons (Fsp3) is 0.300. The van der Waals surface area contributed by atoms with Crippen molar-refractivity contribution in [3.63, 3.8) is 0 Å². The van der Waals surface area contributed by atoms with Crippen LogP contribution in [0.3, 0.4) is 0 Å². The van der Waals surface area contributed by atoms with E-state index < -0.39 is 0 Å². The van der Waals surface area contributed by atoms with Crippen LogP contribution in [0.4, 0.5) is 0 Å². The molecular weight excluding hydrogens is 148 g/mol. The van der Waals surface area contributed by atoms with Gasteiger partial charge in [0.2, 0.25) is 0 Å². The summed E-state index contributed by atoms with van der Waals surface area (Å²) in [6, 6.07) is 0. The Bertz CT molecular complexity index is 200. The van der Waals surface area contributed by atoms with Crippen molar-refractivity contribution < 1.29 is 0 Å². The third-order valence-corrected chi connectivity index (χ3v) is 1.15. The summed E-state index contributed by atoms with van der Waals surface area (Å²) in [5, 5.41) is 3.97. The van der Waals surface area contributed by atoms with Crippen molar-refractivity contribution in [3.8, 4) is 0 Å². The van der Waals surface area contributed by atoms with Gasteiger partial charge in [-0.05, 0) is 19.4 Å². The Morgan fingerprint density at radius 2 is 2.25 bits per heavy atom. The summed E-state index contributed by atoms with van der Waals surface area (Å²) in [6.07, 6.45) is 10.6. The maximum absolute atomic E-state index is 3.97. The Morgan fingerprint density at radius 1 is 1.50 bits per heavy atom. The Balaban J connectivity index is 3.81. The number of rotatable bonds is 5. The van der Waals surface area contributed by atoms with E-state index in [1.807, 2.05) is 25.2 Å². The van der Waals surface area contributed by atoms with E-state index in [9.17, 15) is 0 Å². The fourth-order valence-corrected chi connectivity index (χ4v) is 0.594. The van der Waals surface area contributed by atoms with Crippen LogP contribution in [0.2, 0.25) is 0 Å². The second-order valence-electron chi connectivity index (χ2n) is 2.28. The zero-order valence-electron chi connectivity index (χ0n) is 7.75. The second-order valence-corrected chi connectivity index (χ2v) is 2.28. The Morgan fingerprint density at radius 3 is 2.83 bits per heavy atom. The first-order valence-electron chi connectivity index (χ1n) is 4.05. The van der Waals surface area contributed by atoms with Gasteiger partial charge in [-0.15, -0.1) is 0 Å². The third kappa shape index (κ3) is 6.81. The molecule has 0 aromatic carbocycles. The van der Waals surface area contributed by atoms with Gasteiger partial charge in [0.25, 0.3) is 0 Å². The molecule has 0 radical (unpaired) electrons. The van der Waals surface area contributed by atoms with Gasteiger partial charge >= 0.3 is 0 Å². The van der Waals surface area contributed by atoms with E-state index in [1.54, 1.807) is 6.20 Å². The normalized spacial score (nSPS) is 12.7. The van der Waals surface area contributed by atoms with Crippen molar-refractivity contribution in [2.45, 2.75) is 20.3 Å². The van der Waals surface area contributed by atoms with Crippen LogP contribution in [0.25, 0.3) is 0 Å². The number of nitrogens with zero attached hydrogens (tertiary/aromatic N) is 1. The van der Waals surface area contributed by atoms with Crippen LogP contribution in [0.15, 0.2) is 42.2 Å². The molecule has 0 aliphatic carbocycles. The molecule has 0 fully saturated rings. The first-order valence-corrected chi connectivity index (χ1v) is 4.05. The molecule has 2 heteroatoms. The van der Waals surface area contributed by atoms with Crippen LogP contribution in [0, 0.1) is 0 Å². The molecule has 0 aliphatic rings. The first kappa shape index (κ1) is 10.7. The van der Waals surface area contributed by atoms with Gasteiger partial charge in [-0.3, -0.25) is 5.43 Å². The molecular formula is C10H16N2. The van der Waals surface area contributed by atoms with Crippen molar-refractivity contribution in [1.29, 1.82) is 0 Å². The minimum absolute atomic E-state index is 0.927. The summed E-state index contributed by atoms with van der Waals surface area (Å²) < 4.78 is 0. The molecule has 66 valence electrons. The van der Waals surface area contributed by atoms with Gasteiger partial charge in [-0.25, -0.2) is 0 Å². The lowest BCUT2D eigenvalue weighted by Gasteiger charge is -1.89. The maximum atomic E-state index is 3.97. The second kappa shape index (κ2) is 7.79. The molecule has 0 aromatic heterocycles. The molecule has 12 heavy (non-hydrogen) atoms. The van der Waals surface area contributed by atoms with E-state index in [-0.39, 0.29) is 0 Å². The minimum atomic E-state index is 0.927. The van der Waals surface area contributed by atoms with Gasteiger partial charge in [-0.2, -0.15) is 5.10 Å². The average molecular weight is 164 g/mol. The van der Waals surface area contributed by atoms with Gasteiger partial charge < -0.3 is 0 Å². The summed E-state index contributed by atoms with van der Waals surface area (Å²) >= 11 is 0. The largest absolute Gasteiger partial charge is 0.286 e. The summed E-state index contributed by atoms with van der Waals surface area (Å²) in [5.74, 6) is 0. The zero-order valence-corrected chi connectivity index (χ0v) is 7.75. The van der Waals surface area contributed by atoms with E-state index in [4.69, 9.17) is 0 Å². The highest BCUT2D eigenvalue weighted by molar-refractivity contribution is 5.92. The molecule has 0 aliphatic heterocycles. The summed E-state index contributed by atoms with van der Waals surface area (Å²) in [5.41, 5.74) is 3.59. The molecule has 0 rings (SSSR count). The predicted molar refractivity (Wildman–Crippen MR) is 55.0 cm³/mol. The highest BCUT2D eigenvalue weighted by Crippen LogP contribution is 1.84. The monoisotopic (exact) mass is 164 g/mol. The summed E-state index contributed by atoms with van der Waals surface area (Å²) in [7, 11) is 0. The van der Waals surface area contributed by atoms with Gasteiger partial charge in [0.15, 0.2) is 0 Å². The lowest BCUT2D eigenvalue weighted by atomic mass is 10.3. The predicted octanol–water partition coefficient (Wildman–Crippen LogP) is 2.62. The lowest BCUT2D eigenvalue weighted by molar-refractivity contribution is 0.971. The van der Waals surface area contributed by atoms with Crippen LogP contribution in [0.1, 0.15) is 20.3 Å². The molecule has 1 N–H and O–H groups in total. The zero-order chi connectivity index (χ0) is 9.23. The van der Waals surface area contributed by atoms with E-state index in [0.717, 1.165) is 12.1 Å². The topological polar surface area (TPSA) is 24.4 Å². The van der Waals surface area contributed by atoms with Crippen molar-refractivity contribution in [2.75, 3.05) is 0 Å². The van der Waals surface area contributed by atoms with E-state index in [2.05, 4.69) is 30.1 Å². The molecule has 0 aromatic rings. The van der Waals surface area contributed by atoms with E-state index >= 15 is 0 Å². The van der Waals surface area contributed by atoms with Crippen molar-refractivity contribution in [2.24, 2.45) is 5.10 Å². The number of hydrogen-bond donors (Lipinski definition) is 1. The molecule has 0 atom stereocenters. The van der Waals surface area contributed by atoms with E-state index in [0.29, 0.717) is 0 Å². The Hall–Kier alpha value is -1.31. The Labute approximate surface area is 74.4 Å².